The molecule has 6 heteroatoms. The molecule has 0 fully saturated rings. The average molecular weight is 248 g/mol. The predicted octanol–water partition coefficient (Wildman–Crippen LogP) is 2.15. The van der Waals surface area contributed by atoms with Gasteiger partial charge in [0.2, 0.25) is 5.91 Å². The summed E-state index contributed by atoms with van der Waals surface area (Å²) in [6.07, 6.45) is 3.59. The van der Waals surface area contributed by atoms with Crippen molar-refractivity contribution in [2.24, 2.45) is 0 Å². The lowest BCUT2D eigenvalue weighted by Gasteiger charge is -2.10. The molecule has 0 spiro atoms. The molecule has 18 heavy (non-hydrogen) atoms. The van der Waals surface area contributed by atoms with Crippen LogP contribution in [0.3, 0.4) is 0 Å². The summed E-state index contributed by atoms with van der Waals surface area (Å²) in [4.78, 5) is 11.8. The highest BCUT2D eigenvalue weighted by Gasteiger charge is 2.19. The highest BCUT2D eigenvalue weighted by molar-refractivity contribution is 5.90. The smallest absolute Gasteiger partial charge is 0.225 e. The summed E-state index contributed by atoms with van der Waals surface area (Å²) in [6.45, 7) is 5.73. The summed E-state index contributed by atoms with van der Waals surface area (Å²) in [5.74, 6) is 0.795. The van der Waals surface area contributed by atoms with Crippen molar-refractivity contribution < 1.29 is 9.32 Å². The first-order valence-corrected chi connectivity index (χ1v) is 5.79. The number of nitrogens with one attached hydrogen (secondary N) is 2. The van der Waals surface area contributed by atoms with Gasteiger partial charge in [-0.25, -0.2) is 0 Å². The van der Waals surface area contributed by atoms with Crippen LogP contribution in [0.4, 0.5) is 5.69 Å². The minimum absolute atomic E-state index is 0.0519. The number of hydrogen-bond acceptors (Lipinski definition) is 4. The Morgan fingerprint density at radius 3 is 2.89 bits per heavy atom. The van der Waals surface area contributed by atoms with Gasteiger partial charge in [-0.1, -0.05) is 12.1 Å². The van der Waals surface area contributed by atoms with Crippen molar-refractivity contribution in [1.29, 1.82) is 0 Å². The number of carbonyl (C=O) groups excluding carboxylic acids is 1. The van der Waals surface area contributed by atoms with Crippen LogP contribution in [-0.4, -0.2) is 21.3 Å². The lowest BCUT2D eigenvalue weighted by molar-refractivity contribution is -0.116. The first-order valence-electron chi connectivity index (χ1n) is 5.79. The Bertz CT molecular complexity index is 511. The van der Waals surface area contributed by atoms with Gasteiger partial charge in [-0.15, -0.1) is 0 Å². The molecular formula is C12H16N4O2. The highest BCUT2D eigenvalue weighted by Crippen LogP contribution is 2.26. The lowest BCUT2D eigenvalue weighted by Crippen LogP contribution is -2.14. The molecule has 2 aromatic rings. The van der Waals surface area contributed by atoms with E-state index in [1.54, 1.807) is 12.4 Å². The van der Waals surface area contributed by atoms with Gasteiger partial charge in [0.15, 0.2) is 0 Å². The molecule has 0 aromatic carbocycles. The molecule has 0 aliphatic rings. The SMILES string of the molecule is Cc1noc(C)c1C(C)CC(=O)Nc1cn[nH]c1. The van der Waals surface area contributed by atoms with E-state index < -0.39 is 0 Å². The third-order valence-corrected chi connectivity index (χ3v) is 2.85. The molecule has 1 unspecified atom stereocenters. The van der Waals surface area contributed by atoms with Gasteiger partial charge in [-0.2, -0.15) is 5.10 Å². The molecule has 2 aromatic heterocycles. The first-order chi connectivity index (χ1) is 8.58. The Kier molecular flexibility index (Phi) is 3.45. The van der Waals surface area contributed by atoms with Crippen molar-refractivity contribution in [3.8, 4) is 0 Å². The maximum Gasteiger partial charge on any atom is 0.225 e. The molecule has 2 N–H and O–H groups in total. The molecule has 96 valence electrons. The van der Waals surface area contributed by atoms with E-state index in [0.29, 0.717) is 12.1 Å². The average Bonchev–Trinajstić information content (AvgIpc) is 2.89. The van der Waals surface area contributed by atoms with Crippen molar-refractivity contribution in [2.75, 3.05) is 5.32 Å². The standard InChI is InChI=1S/C12H16N4O2/c1-7(12-8(2)16-18-9(12)3)4-11(17)15-10-5-13-14-6-10/h5-7H,4H2,1-3H3,(H,13,14)(H,15,17). The zero-order valence-corrected chi connectivity index (χ0v) is 10.7. The van der Waals surface area contributed by atoms with Crippen LogP contribution in [0.15, 0.2) is 16.9 Å². The van der Waals surface area contributed by atoms with E-state index >= 15 is 0 Å². The summed E-state index contributed by atoms with van der Waals surface area (Å²) in [7, 11) is 0. The molecule has 2 rings (SSSR count). The predicted molar refractivity (Wildman–Crippen MR) is 66.2 cm³/mol. The monoisotopic (exact) mass is 248 g/mol. The molecule has 0 saturated carbocycles. The van der Waals surface area contributed by atoms with Gasteiger partial charge >= 0.3 is 0 Å². The van der Waals surface area contributed by atoms with Crippen molar-refractivity contribution in [1.82, 2.24) is 15.4 Å². The number of rotatable bonds is 4. The number of hydrogen-bond donors (Lipinski definition) is 2. The normalized spacial score (nSPS) is 12.4. The van der Waals surface area contributed by atoms with E-state index in [4.69, 9.17) is 4.52 Å². The Labute approximate surface area is 105 Å². The van der Waals surface area contributed by atoms with Gasteiger partial charge < -0.3 is 9.84 Å². The molecule has 1 atom stereocenters. The third kappa shape index (κ3) is 2.58. The molecule has 0 radical (unpaired) electrons. The van der Waals surface area contributed by atoms with Gasteiger partial charge in [0.25, 0.3) is 0 Å². The topological polar surface area (TPSA) is 83.8 Å². The maximum absolute atomic E-state index is 11.8. The van der Waals surface area contributed by atoms with E-state index in [-0.39, 0.29) is 11.8 Å². The maximum atomic E-state index is 11.8. The fourth-order valence-electron chi connectivity index (χ4n) is 2.11. The summed E-state index contributed by atoms with van der Waals surface area (Å²) < 4.78 is 5.11. The molecule has 1 amide bonds. The van der Waals surface area contributed by atoms with Crippen molar-refractivity contribution in [2.45, 2.75) is 33.1 Å². The number of H-pyrrole nitrogens is 1. The fourth-order valence-corrected chi connectivity index (χ4v) is 2.11. The lowest BCUT2D eigenvalue weighted by atomic mass is 9.96. The van der Waals surface area contributed by atoms with E-state index in [9.17, 15) is 4.79 Å². The number of nitrogens with zero attached hydrogens (tertiary/aromatic N) is 2. The number of carbonyl (C=O) groups is 1. The van der Waals surface area contributed by atoms with Gasteiger partial charge in [-0.3, -0.25) is 9.89 Å². The fraction of sp³-hybridized carbons (Fsp3) is 0.417. The van der Waals surface area contributed by atoms with Crippen LogP contribution in [0.25, 0.3) is 0 Å². The number of aromatic amines is 1. The van der Waals surface area contributed by atoms with Gasteiger partial charge in [0.1, 0.15) is 5.76 Å². The van der Waals surface area contributed by atoms with E-state index in [2.05, 4.69) is 20.7 Å². The molecule has 0 aliphatic heterocycles. The molecule has 0 aliphatic carbocycles. The summed E-state index contributed by atoms with van der Waals surface area (Å²) in [5.41, 5.74) is 2.53. The second kappa shape index (κ2) is 5.03. The van der Waals surface area contributed by atoms with Gasteiger partial charge in [0, 0.05) is 18.2 Å². The Hall–Kier alpha value is -2.11. The molecule has 6 nitrogen and oxygen atoms in total. The second-order valence-corrected chi connectivity index (χ2v) is 4.38. The molecule has 2 heterocycles. The van der Waals surface area contributed by atoms with Crippen LogP contribution in [-0.2, 0) is 4.79 Å². The number of aromatic nitrogens is 3. The van der Waals surface area contributed by atoms with Crippen LogP contribution >= 0.6 is 0 Å². The van der Waals surface area contributed by atoms with Crippen LogP contribution < -0.4 is 5.32 Å². The van der Waals surface area contributed by atoms with E-state index in [0.717, 1.165) is 17.0 Å². The minimum Gasteiger partial charge on any atom is -0.361 e. The third-order valence-electron chi connectivity index (χ3n) is 2.85. The minimum atomic E-state index is -0.0519. The van der Waals surface area contributed by atoms with Gasteiger partial charge in [0.05, 0.1) is 17.6 Å². The van der Waals surface area contributed by atoms with Gasteiger partial charge in [-0.05, 0) is 19.8 Å². The van der Waals surface area contributed by atoms with Crippen molar-refractivity contribution in [3.05, 3.63) is 29.4 Å². The summed E-state index contributed by atoms with van der Waals surface area (Å²) in [6, 6.07) is 0. The Balaban J connectivity index is 1.99. The van der Waals surface area contributed by atoms with Crippen LogP contribution in [0.2, 0.25) is 0 Å². The Morgan fingerprint density at radius 2 is 2.33 bits per heavy atom. The number of anilines is 1. The van der Waals surface area contributed by atoms with Crippen molar-refractivity contribution in [3.63, 3.8) is 0 Å². The van der Waals surface area contributed by atoms with Crippen LogP contribution in [0.5, 0.6) is 0 Å². The summed E-state index contributed by atoms with van der Waals surface area (Å²) in [5, 5.41) is 13.1. The largest absolute Gasteiger partial charge is 0.361 e. The van der Waals surface area contributed by atoms with E-state index in [1.807, 2.05) is 20.8 Å². The highest BCUT2D eigenvalue weighted by atomic mass is 16.5. The zero-order chi connectivity index (χ0) is 13.1. The molecule has 0 bridgehead atoms. The van der Waals surface area contributed by atoms with Crippen LogP contribution in [0, 0.1) is 13.8 Å². The molecule has 0 saturated heterocycles. The quantitative estimate of drug-likeness (QED) is 0.868. The second-order valence-electron chi connectivity index (χ2n) is 4.38. The van der Waals surface area contributed by atoms with Crippen molar-refractivity contribution >= 4 is 11.6 Å². The van der Waals surface area contributed by atoms with E-state index in [1.165, 1.54) is 0 Å². The number of amides is 1. The first kappa shape index (κ1) is 12.3. The summed E-state index contributed by atoms with van der Waals surface area (Å²) >= 11 is 0. The van der Waals surface area contributed by atoms with Crippen LogP contribution in [0.1, 0.15) is 36.3 Å². The zero-order valence-electron chi connectivity index (χ0n) is 10.7. The Morgan fingerprint density at radius 1 is 1.56 bits per heavy atom. The molecular weight excluding hydrogens is 232 g/mol. The number of aryl methyl sites for hydroxylation is 2.